The molecule has 0 bridgehead atoms. The number of hydrogen-bond donors (Lipinski definition) is 1. The van der Waals surface area contributed by atoms with Gasteiger partial charge in [0.2, 0.25) is 11.8 Å². The van der Waals surface area contributed by atoms with Crippen LogP contribution in [0.1, 0.15) is 19.8 Å². The minimum Gasteiger partial charge on any atom is -0.355 e. The summed E-state index contributed by atoms with van der Waals surface area (Å²) in [5, 5.41) is 2.79. The van der Waals surface area contributed by atoms with Crippen LogP contribution in [0.4, 0.5) is 5.69 Å². The number of carbonyl (C=O) groups is 2. The van der Waals surface area contributed by atoms with Gasteiger partial charge < -0.3 is 10.2 Å². The number of nitrogens with zero attached hydrogens (tertiary/aromatic N) is 1. The van der Waals surface area contributed by atoms with E-state index in [-0.39, 0.29) is 11.8 Å². The van der Waals surface area contributed by atoms with Gasteiger partial charge in [-0.2, -0.15) is 0 Å². The Labute approximate surface area is 107 Å². The van der Waals surface area contributed by atoms with Crippen LogP contribution in [-0.2, 0) is 9.59 Å². The molecule has 0 spiro atoms. The van der Waals surface area contributed by atoms with Crippen molar-refractivity contribution in [3.05, 3.63) is 30.3 Å². The Bertz CT molecular complexity index is 431. The van der Waals surface area contributed by atoms with E-state index in [2.05, 4.69) is 5.32 Å². The van der Waals surface area contributed by atoms with Crippen molar-refractivity contribution in [2.24, 2.45) is 5.92 Å². The number of para-hydroxylation sites is 1. The summed E-state index contributed by atoms with van der Waals surface area (Å²) in [6.45, 7) is 3.24. The van der Waals surface area contributed by atoms with E-state index in [0.29, 0.717) is 19.5 Å². The van der Waals surface area contributed by atoms with Gasteiger partial charge in [0, 0.05) is 18.8 Å². The zero-order valence-corrected chi connectivity index (χ0v) is 10.6. The van der Waals surface area contributed by atoms with Crippen LogP contribution in [0, 0.1) is 5.92 Å². The van der Waals surface area contributed by atoms with Gasteiger partial charge in [-0.25, -0.2) is 0 Å². The number of benzene rings is 1. The molecule has 4 heteroatoms. The van der Waals surface area contributed by atoms with Gasteiger partial charge in [-0.1, -0.05) is 25.1 Å². The van der Waals surface area contributed by atoms with E-state index in [1.165, 1.54) is 0 Å². The Kier molecular flexibility index (Phi) is 3.97. The molecule has 1 fully saturated rings. The Morgan fingerprint density at radius 2 is 2.11 bits per heavy atom. The zero-order chi connectivity index (χ0) is 13.0. The Morgan fingerprint density at radius 1 is 1.39 bits per heavy atom. The molecule has 0 aromatic heterocycles. The van der Waals surface area contributed by atoms with Crippen molar-refractivity contribution in [2.75, 3.05) is 18.0 Å². The summed E-state index contributed by atoms with van der Waals surface area (Å²) in [6.07, 6.45) is 1.48. The fourth-order valence-electron chi connectivity index (χ4n) is 2.16. The van der Waals surface area contributed by atoms with Crippen molar-refractivity contribution >= 4 is 17.5 Å². The van der Waals surface area contributed by atoms with Gasteiger partial charge in [0.05, 0.1) is 0 Å². The van der Waals surface area contributed by atoms with Gasteiger partial charge in [-0.15, -0.1) is 0 Å². The standard InChI is InChI=1S/C14H18N2O2/c1-2-9-15-13(17)12-8-10-16(14(12)18)11-6-4-3-5-7-11/h3-7,12H,2,8-10H2,1H3,(H,15,17)/t12-/m1/s1. The lowest BCUT2D eigenvalue weighted by Gasteiger charge is -2.16. The SMILES string of the molecule is CCCNC(=O)[C@H]1CCN(c2ccccc2)C1=O. The van der Waals surface area contributed by atoms with Gasteiger partial charge in [-0.05, 0) is 25.0 Å². The molecule has 96 valence electrons. The summed E-state index contributed by atoms with van der Waals surface area (Å²) >= 11 is 0. The lowest BCUT2D eigenvalue weighted by atomic mass is 10.1. The predicted octanol–water partition coefficient (Wildman–Crippen LogP) is 1.57. The summed E-state index contributed by atoms with van der Waals surface area (Å²) in [5.41, 5.74) is 0.869. The predicted molar refractivity (Wildman–Crippen MR) is 70.2 cm³/mol. The molecule has 0 saturated carbocycles. The number of amides is 2. The van der Waals surface area contributed by atoms with Gasteiger partial charge >= 0.3 is 0 Å². The normalized spacial score (nSPS) is 19.1. The number of carbonyl (C=O) groups excluding carboxylic acids is 2. The quantitative estimate of drug-likeness (QED) is 0.820. The summed E-state index contributed by atoms with van der Waals surface area (Å²) in [7, 11) is 0. The second-order valence-corrected chi connectivity index (χ2v) is 4.46. The van der Waals surface area contributed by atoms with E-state index in [1.807, 2.05) is 37.3 Å². The van der Waals surface area contributed by atoms with Gasteiger partial charge in [-0.3, -0.25) is 9.59 Å². The zero-order valence-electron chi connectivity index (χ0n) is 10.6. The van der Waals surface area contributed by atoms with Crippen molar-refractivity contribution in [3.63, 3.8) is 0 Å². The molecule has 4 nitrogen and oxygen atoms in total. The molecule has 1 atom stereocenters. The third-order valence-corrected chi connectivity index (χ3v) is 3.14. The van der Waals surface area contributed by atoms with E-state index in [9.17, 15) is 9.59 Å². The molecule has 1 aliphatic rings. The highest BCUT2D eigenvalue weighted by molar-refractivity contribution is 6.09. The monoisotopic (exact) mass is 246 g/mol. The molecule has 1 aromatic rings. The minimum atomic E-state index is -0.517. The molecule has 1 aromatic carbocycles. The molecule has 0 unspecified atom stereocenters. The maximum Gasteiger partial charge on any atom is 0.239 e. The fourth-order valence-corrected chi connectivity index (χ4v) is 2.16. The number of anilines is 1. The maximum atomic E-state index is 12.2. The number of nitrogens with one attached hydrogen (secondary N) is 1. The first-order valence-corrected chi connectivity index (χ1v) is 6.38. The molecule has 1 saturated heterocycles. The van der Waals surface area contributed by atoms with Gasteiger partial charge in [0.15, 0.2) is 0 Å². The second kappa shape index (κ2) is 5.67. The van der Waals surface area contributed by atoms with E-state index in [0.717, 1.165) is 12.1 Å². The van der Waals surface area contributed by atoms with Crippen LogP contribution in [0.15, 0.2) is 30.3 Å². The largest absolute Gasteiger partial charge is 0.355 e. The third-order valence-electron chi connectivity index (χ3n) is 3.14. The molecule has 2 amide bonds. The second-order valence-electron chi connectivity index (χ2n) is 4.46. The molecule has 1 N–H and O–H groups in total. The lowest BCUT2D eigenvalue weighted by Crippen LogP contribution is -2.37. The first-order chi connectivity index (χ1) is 8.74. The third kappa shape index (κ3) is 2.53. The minimum absolute atomic E-state index is 0.0881. The molecule has 1 heterocycles. The van der Waals surface area contributed by atoms with Crippen molar-refractivity contribution in [3.8, 4) is 0 Å². The van der Waals surface area contributed by atoms with Crippen LogP contribution in [0.3, 0.4) is 0 Å². The fraction of sp³-hybridized carbons (Fsp3) is 0.429. The molecule has 1 aliphatic heterocycles. The van der Waals surface area contributed by atoms with E-state index < -0.39 is 5.92 Å². The van der Waals surface area contributed by atoms with Crippen LogP contribution in [0.5, 0.6) is 0 Å². The van der Waals surface area contributed by atoms with Crippen molar-refractivity contribution in [2.45, 2.75) is 19.8 Å². The Hall–Kier alpha value is -1.84. The molecule has 0 aliphatic carbocycles. The van der Waals surface area contributed by atoms with Crippen LogP contribution >= 0.6 is 0 Å². The highest BCUT2D eigenvalue weighted by atomic mass is 16.2. The Morgan fingerprint density at radius 3 is 2.78 bits per heavy atom. The summed E-state index contributed by atoms with van der Waals surface area (Å²) in [4.78, 5) is 25.7. The molecular formula is C14H18N2O2. The van der Waals surface area contributed by atoms with Crippen LogP contribution < -0.4 is 10.2 Å². The first kappa shape index (κ1) is 12.6. The smallest absolute Gasteiger partial charge is 0.239 e. The maximum absolute atomic E-state index is 12.2. The van der Waals surface area contributed by atoms with Gasteiger partial charge in [0.25, 0.3) is 0 Å². The van der Waals surface area contributed by atoms with Crippen molar-refractivity contribution < 1.29 is 9.59 Å². The topological polar surface area (TPSA) is 49.4 Å². The van der Waals surface area contributed by atoms with Crippen molar-refractivity contribution in [1.82, 2.24) is 5.32 Å². The summed E-state index contributed by atoms with van der Waals surface area (Å²) < 4.78 is 0. The van der Waals surface area contributed by atoms with Crippen LogP contribution in [0.2, 0.25) is 0 Å². The number of rotatable bonds is 4. The number of hydrogen-bond acceptors (Lipinski definition) is 2. The van der Waals surface area contributed by atoms with Crippen molar-refractivity contribution in [1.29, 1.82) is 0 Å². The molecule has 0 radical (unpaired) electrons. The summed E-state index contributed by atoms with van der Waals surface area (Å²) in [6, 6.07) is 9.49. The highest BCUT2D eigenvalue weighted by Gasteiger charge is 2.37. The van der Waals surface area contributed by atoms with E-state index in [4.69, 9.17) is 0 Å². The highest BCUT2D eigenvalue weighted by Crippen LogP contribution is 2.24. The molecule has 18 heavy (non-hydrogen) atoms. The average Bonchev–Trinajstić information content (AvgIpc) is 2.79. The van der Waals surface area contributed by atoms with E-state index in [1.54, 1.807) is 4.90 Å². The molecule has 2 rings (SSSR count). The average molecular weight is 246 g/mol. The van der Waals surface area contributed by atoms with Crippen LogP contribution in [-0.4, -0.2) is 24.9 Å². The van der Waals surface area contributed by atoms with E-state index >= 15 is 0 Å². The summed E-state index contributed by atoms with van der Waals surface area (Å²) in [5.74, 6) is -0.744. The molecular weight excluding hydrogens is 228 g/mol. The Balaban J connectivity index is 2.03. The van der Waals surface area contributed by atoms with Crippen LogP contribution in [0.25, 0.3) is 0 Å². The first-order valence-electron chi connectivity index (χ1n) is 6.38. The lowest BCUT2D eigenvalue weighted by molar-refractivity contribution is -0.132. The van der Waals surface area contributed by atoms with Gasteiger partial charge in [0.1, 0.15) is 5.92 Å².